The molecule has 2 amide bonds. The van der Waals surface area contributed by atoms with Crippen LogP contribution in [0.15, 0.2) is 71.6 Å². The standard InChI is InChI=1S/C28H30N4O6S/c1-28(2,3)38-24-14-9-18(17-29)15-20(24)16-23(26(33)32-27(34)37-4)31-21-12-10-19(11-13-21)22-7-5-6-8-25(22)39(30,35)36/h5-15,23,31H,16H2,1-4H3,(H2,30,35,36)(H,32,33,34)/t23-/m0/s1. The molecule has 0 radical (unpaired) electrons. The molecule has 0 aliphatic carbocycles. The Labute approximate surface area is 227 Å². The van der Waals surface area contributed by atoms with Gasteiger partial charge in [0.2, 0.25) is 10.0 Å². The highest BCUT2D eigenvalue weighted by Gasteiger charge is 2.25. The van der Waals surface area contributed by atoms with E-state index in [0.29, 0.717) is 33.7 Å². The SMILES string of the molecule is COC(=O)NC(=O)[C@H](Cc1cc(C#N)ccc1OC(C)(C)C)Nc1ccc(-c2ccccc2S(N)(=O)=O)cc1. The number of alkyl carbamates (subject to hydrolysis) is 1. The summed E-state index contributed by atoms with van der Waals surface area (Å²) in [5.74, 6) is -0.163. The van der Waals surface area contributed by atoms with Crippen LogP contribution in [0.1, 0.15) is 31.9 Å². The van der Waals surface area contributed by atoms with E-state index >= 15 is 0 Å². The molecule has 0 bridgehead atoms. The lowest BCUT2D eigenvalue weighted by Gasteiger charge is -2.25. The van der Waals surface area contributed by atoms with Crippen LogP contribution >= 0.6 is 0 Å². The van der Waals surface area contributed by atoms with Gasteiger partial charge in [0.1, 0.15) is 17.4 Å². The third kappa shape index (κ3) is 8.04. The number of rotatable bonds is 8. The largest absolute Gasteiger partial charge is 0.488 e. The van der Waals surface area contributed by atoms with Gasteiger partial charge in [-0.2, -0.15) is 5.26 Å². The molecule has 0 spiro atoms. The van der Waals surface area contributed by atoms with Gasteiger partial charge in [0.15, 0.2) is 0 Å². The molecule has 0 aliphatic rings. The third-order valence-corrected chi connectivity index (χ3v) is 6.46. The lowest BCUT2D eigenvalue weighted by Crippen LogP contribution is -2.44. The van der Waals surface area contributed by atoms with E-state index in [9.17, 15) is 23.3 Å². The summed E-state index contributed by atoms with van der Waals surface area (Å²) in [6.07, 6.45) is -0.849. The predicted molar refractivity (Wildman–Crippen MR) is 146 cm³/mol. The van der Waals surface area contributed by atoms with Crippen LogP contribution in [0.3, 0.4) is 0 Å². The highest BCUT2D eigenvalue weighted by atomic mass is 32.2. The summed E-state index contributed by atoms with van der Waals surface area (Å²) in [5, 5.41) is 20.1. The summed E-state index contributed by atoms with van der Waals surface area (Å²) >= 11 is 0. The molecule has 0 heterocycles. The number of carbonyl (C=O) groups is 2. The van der Waals surface area contributed by atoms with Gasteiger partial charge in [-0.05, 0) is 68.3 Å². The zero-order valence-electron chi connectivity index (χ0n) is 22.0. The molecule has 0 aromatic heterocycles. The molecule has 0 unspecified atom stereocenters. The van der Waals surface area contributed by atoms with Crippen molar-refractivity contribution in [2.75, 3.05) is 12.4 Å². The van der Waals surface area contributed by atoms with Crippen molar-refractivity contribution in [3.8, 4) is 22.9 Å². The maximum atomic E-state index is 13.1. The number of imide groups is 1. The van der Waals surface area contributed by atoms with E-state index in [4.69, 9.17) is 9.88 Å². The number of primary sulfonamides is 1. The summed E-state index contributed by atoms with van der Waals surface area (Å²) in [5.41, 5.74) is 1.98. The normalized spacial score (nSPS) is 12.1. The first-order valence-electron chi connectivity index (χ1n) is 11.9. The Kier molecular flexibility index (Phi) is 8.96. The molecular formula is C28H30N4O6S. The minimum atomic E-state index is -3.94. The Balaban J connectivity index is 1.95. The van der Waals surface area contributed by atoms with Gasteiger partial charge in [0, 0.05) is 17.7 Å². The van der Waals surface area contributed by atoms with Crippen molar-refractivity contribution >= 4 is 27.7 Å². The molecule has 3 aromatic carbocycles. The highest BCUT2D eigenvalue weighted by molar-refractivity contribution is 7.89. The van der Waals surface area contributed by atoms with Gasteiger partial charge in [-0.1, -0.05) is 30.3 Å². The van der Waals surface area contributed by atoms with E-state index in [1.165, 1.54) is 6.07 Å². The summed E-state index contributed by atoms with van der Waals surface area (Å²) in [7, 11) is -2.79. The Hall–Kier alpha value is -4.40. The average molecular weight is 551 g/mol. The van der Waals surface area contributed by atoms with Crippen molar-refractivity contribution in [1.29, 1.82) is 5.26 Å². The minimum absolute atomic E-state index is 0.00945. The Bertz CT molecular complexity index is 1510. The predicted octanol–water partition coefficient (Wildman–Crippen LogP) is 3.96. The Morgan fingerprint density at radius 1 is 1.05 bits per heavy atom. The molecule has 0 saturated carbocycles. The summed E-state index contributed by atoms with van der Waals surface area (Å²) in [4.78, 5) is 24.8. The highest BCUT2D eigenvalue weighted by Crippen LogP contribution is 2.29. The second-order valence-electron chi connectivity index (χ2n) is 9.65. The molecule has 39 heavy (non-hydrogen) atoms. The van der Waals surface area contributed by atoms with Gasteiger partial charge in [0.25, 0.3) is 5.91 Å². The fraction of sp³-hybridized carbons (Fsp3) is 0.250. The first-order valence-corrected chi connectivity index (χ1v) is 13.4. The monoisotopic (exact) mass is 550 g/mol. The van der Waals surface area contributed by atoms with Crippen molar-refractivity contribution < 1.29 is 27.5 Å². The van der Waals surface area contributed by atoms with Crippen molar-refractivity contribution in [1.82, 2.24) is 5.32 Å². The van der Waals surface area contributed by atoms with Crippen molar-refractivity contribution in [3.63, 3.8) is 0 Å². The summed E-state index contributed by atoms with van der Waals surface area (Å²) in [6.45, 7) is 5.64. The Morgan fingerprint density at radius 2 is 1.72 bits per heavy atom. The van der Waals surface area contributed by atoms with Crippen LogP contribution in [0.25, 0.3) is 11.1 Å². The van der Waals surface area contributed by atoms with Crippen LogP contribution in [0.5, 0.6) is 5.75 Å². The van der Waals surface area contributed by atoms with E-state index in [1.807, 2.05) is 20.8 Å². The number of hydrogen-bond acceptors (Lipinski definition) is 8. The van der Waals surface area contributed by atoms with Gasteiger partial charge in [0.05, 0.1) is 23.6 Å². The third-order valence-electron chi connectivity index (χ3n) is 5.49. The first-order chi connectivity index (χ1) is 18.3. The quantitative estimate of drug-likeness (QED) is 0.380. The van der Waals surface area contributed by atoms with E-state index in [-0.39, 0.29) is 11.3 Å². The number of nitrogens with zero attached hydrogens (tertiary/aromatic N) is 1. The van der Waals surface area contributed by atoms with Crippen LogP contribution < -0.4 is 20.5 Å². The van der Waals surface area contributed by atoms with Gasteiger partial charge in [-0.3, -0.25) is 10.1 Å². The van der Waals surface area contributed by atoms with Crippen LogP contribution in [-0.2, 0) is 26.0 Å². The zero-order chi connectivity index (χ0) is 28.8. The number of amides is 2. The topological polar surface area (TPSA) is 161 Å². The number of nitrogens with one attached hydrogen (secondary N) is 2. The van der Waals surface area contributed by atoms with Gasteiger partial charge in [-0.25, -0.2) is 18.4 Å². The fourth-order valence-electron chi connectivity index (χ4n) is 3.81. The van der Waals surface area contributed by atoms with E-state index in [1.54, 1.807) is 60.7 Å². The average Bonchev–Trinajstić information content (AvgIpc) is 2.88. The van der Waals surface area contributed by atoms with Crippen LogP contribution in [-0.4, -0.2) is 39.2 Å². The molecule has 4 N–H and O–H groups in total. The molecule has 3 aromatic rings. The molecule has 0 saturated heterocycles. The number of nitriles is 1. The number of carbonyl (C=O) groups excluding carboxylic acids is 2. The molecule has 204 valence electrons. The minimum Gasteiger partial charge on any atom is -0.488 e. The fourth-order valence-corrected chi connectivity index (χ4v) is 4.57. The molecule has 11 heteroatoms. The number of nitrogens with two attached hydrogens (primary N) is 1. The van der Waals surface area contributed by atoms with Crippen molar-refractivity contribution in [3.05, 3.63) is 77.9 Å². The van der Waals surface area contributed by atoms with E-state index in [2.05, 4.69) is 21.4 Å². The summed E-state index contributed by atoms with van der Waals surface area (Å²) in [6, 6.07) is 19.1. The van der Waals surface area contributed by atoms with Crippen LogP contribution in [0, 0.1) is 11.3 Å². The second kappa shape index (κ2) is 12.0. The first kappa shape index (κ1) is 29.2. The molecule has 3 rings (SSSR count). The maximum absolute atomic E-state index is 13.1. The number of hydrogen-bond donors (Lipinski definition) is 3. The number of methoxy groups -OCH3 is 1. The molecule has 0 aliphatic heterocycles. The molecule has 1 atom stereocenters. The molecule has 0 fully saturated rings. The maximum Gasteiger partial charge on any atom is 0.413 e. The van der Waals surface area contributed by atoms with Crippen LogP contribution in [0.4, 0.5) is 10.5 Å². The lowest BCUT2D eigenvalue weighted by atomic mass is 10.0. The number of ether oxygens (including phenoxy) is 2. The van der Waals surface area contributed by atoms with E-state index in [0.717, 1.165) is 7.11 Å². The van der Waals surface area contributed by atoms with Gasteiger partial charge in [-0.15, -0.1) is 0 Å². The van der Waals surface area contributed by atoms with Crippen molar-refractivity contribution in [2.45, 2.75) is 43.7 Å². The van der Waals surface area contributed by atoms with Crippen LogP contribution in [0.2, 0.25) is 0 Å². The number of anilines is 1. The van der Waals surface area contributed by atoms with E-state index < -0.39 is 33.7 Å². The molecule has 10 nitrogen and oxygen atoms in total. The second-order valence-corrected chi connectivity index (χ2v) is 11.2. The number of benzene rings is 3. The zero-order valence-corrected chi connectivity index (χ0v) is 22.8. The molecular weight excluding hydrogens is 520 g/mol. The van der Waals surface area contributed by atoms with Gasteiger partial charge < -0.3 is 14.8 Å². The number of sulfonamides is 1. The lowest BCUT2D eigenvalue weighted by molar-refractivity contribution is -0.121. The van der Waals surface area contributed by atoms with Crippen molar-refractivity contribution in [2.24, 2.45) is 5.14 Å². The van der Waals surface area contributed by atoms with Gasteiger partial charge >= 0.3 is 6.09 Å². The summed E-state index contributed by atoms with van der Waals surface area (Å²) < 4.78 is 34.7. The Morgan fingerprint density at radius 3 is 2.31 bits per heavy atom. The smallest absolute Gasteiger partial charge is 0.413 e.